The average molecular weight is 278 g/mol. The normalized spacial score (nSPS) is 22.4. The van der Waals surface area contributed by atoms with Crippen molar-refractivity contribution in [1.82, 2.24) is 9.97 Å². The molecule has 0 bridgehead atoms. The van der Waals surface area contributed by atoms with Crippen molar-refractivity contribution in [2.24, 2.45) is 11.7 Å². The number of hydrogen-bond acceptors (Lipinski definition) is 6. The fraction of sp³-hybridized carbons (Fsp3) is 0.538. The molecule has 0 saturated carbocycles. The molecule has 1 aromatic heterocycles. The van der Waals surface area contributed by atoms with Gasteiger partial charge in [-0.15, -0.1) is 0 Å². The molecule has 2 heterocycles. The molecule has 1 aromatic rings. The van der Waals surface area contributed by atoms with E-state index in [1.807, 2.05) is 11.8 Å². The third-order valence-corrected chi connectivity index (χ3v) is 3.60. The smallest absolute Gasteiger partial charge is 0.358 e. The molecule has 20 heavy (non-hydrogen) atoms. The van der Waals surface area contributed by atoms with Crippen LogP contribution < -0.4 is 10.6 Å². The SMILES string of the molecule is COC(=O)c1cncc(N2CC(C(N)=O)CCC2C)n1. The summed E-state index contributed by atoms with van der Waals surface area (Å²) in [7, 11) is 1.29. The first-order valence-corrected chi connectivity index (χ1v) is 6.49. The number of nitrogens with two attached hydrogens (primary N) is 1. The van der Waals surface area contributed by atoms with Crippen LogP contribution in [-0.2, 0) is 9.53 Å². The number of ether oxygens (including phenoxy) is 1. The zero-order valence-corrected chi connectivity index (χ0v) is 11.6. The van der Waals surface area contributed by atoms with Crippen LogP contribution in [0, 0.1) is 5.92 Å². The van der Waals surface area contributed by atoms with Gasteiger partial charge in [0.2, 0.25) is 5.91 Å². The van der Waals surface area contributed by atoms with Crippen LogP contribution >= 0.6 is 0 Å². The van der Waals surface area contributed by atoms with Crippen molar-refractivity contribution in [1.29, 1.82) is 0 Å². The molecule has 0 spiro atoms. The lowest BCUT2D eigenvalue weighted by atomic mass is 9.93. The number of methoxy groups -OCH3 is 1. The van der Waals surface area contributed by atoms with Gasteiger partial charge in [-0.2, -0.15) is 0 Å². The Bertz CT molecular complexity index is 520. The zero-order valence-electron chi connectivity index (χ0n) is 11.6. The van der Waals surface area contributed by atoms with Crippen molar-refractivity contribution in [2.75, 3.05) is 18.6 Å². The van der Waals surface area contributed by atoms with Crippen LogP contribution in [-0.4, -0.2) is 41.5 Å². The highest BCUT2D eigenvalue weighted by atomic mass is 16.5. The minimum absolute atomic E-state index is 0.151. The number of amides is 1. The minimum Gasteiger partial charge on any atom is -0.464 e. The molecule has 2 N–H and O–H groups in total. The first-order chi connectivity index (χ1) is 9.52. The maximum absolute atomic E-state index is 11.5. The summed E-state index contributed by atoms with van der Waals surface area (Å²) in [5.41, 5.74) is 5.53. The van der Waals surface area contributed by atoms with Gasteiger partial charge in [0.05, 0.1) is 25.4 Å². The van der Waals surface area contributed by atoms with Gasteiger partial charge in [0.1, 0.15) is 5.82 Å². The van der Waals surface area contributed by atoms with Gasteiger partial charge in [-0.05, 0) is 19.8 Å². The Morgan fingerprint density at radius 2 is 2.15 bits per heavy atom. The number of rotatable bonds is 3. The van der Waals surface area contributed by atoms with E-state index in [1.54, 1.807) is 6.20 Å². The van der Waals surface area contributed by atoms with Crippen LogP contribution in [0.15, 0.2) is 12.4 Å². The van der Waals surface area contributed by atoms with Crippen LogP contribution in [0.3, 0.4) is 0 Å². The van der Waals surface area contributed by atoms with Crippen molar-refractivity contribution in [3.63, 3.8) is 0 Å². The van der Waals surface area contributed by atoms with Crippen LogP contribution in [0.4, 0.5) is 5.82 Å². The van der Waals surface area contributed by atoms with E-state index in [1.165, 1.54) is 13.3 Å². The Morgan fingerprint density at radius 1 is 1.40 bits per heavy atom. The van der Waals surface area contributed by atoms with E-state index in [0.717, 1.165) is 12.8 Å². The molecule has 108 valence electrons. The van der Waals surface area contributed by atoms with Gasteiger partial charge in [0.15, 0.2) is 5.69 Å². The summed E-state index contributed by atoms with van der Waals surface area (Å²) >= 11 is 0. The quantitative estimate of drug-likeness (QED) is 0.801. The summed E-state index contributed by atoms with van der Waals surface area (Å²) in [6.07, 6.45) is 4.55. The molecule has 1 fully saturated rings. The van der Waals surface area contributed by atoms with Gasteiger partial charge in [0.25, 0.3) is 0 Å². The van der Waals surface area contributed by atoms with Crippen LogP contribution in [0.1, 0.15) is 30.3 Å². The van der Waals surface area contributed by atoms with Gasteiger partial charge >= 0.3 is 5.97 Å². The number of anilines is 1. The molecule has 7 heteroatoms. The second-order valence-corrected chi connectivity index (χ2v) is 4.93. The van der Waals surface area contributed by atoms with Gasteiger partial charge in [-0.25, -0.2) is 9.78 Å². The molecular weight excluding hydrogens is 260 g/mol. The topological polar surface area (TPSA) is 98.4 Å². The van der Waals surface area contributed by atoms with Gasteiger partial charge in [0, 0.05) is 12.6 Å². The third kappa shape index (κ3) is 2.87. The van der Waals surface area contributed by atoms with Crippen LogP contribution in [0.25, 0.3) is 0 Å². The van der Waals surface area contributed by atoms with E-state index in [4.69, 9.17) is 5.73 Å². The van der Waals surface area contributed by atoms with E-state index in [0.29, 0.717) is 12.4 Å². The molecule has 1 aliphatic rings. The second kappa shape index (κ2) is 5.85. The highest BCUT2D eigenvalue weighted by molar-refractivity contribution is 5.87. The van der Waals surface area contributed by atoms with Crippen molar-refractivity contribution in [3.8, 4) is 0 Å². The summed E-state index contributed by atoms with van der Waals surface area (Å²) in [5.74, 6) is -0.476. The van der Waals surface area contributed by atoms with Gasteiger partial charge < -0.3 is 15.4 Å². The molecular formula is C13H18N4O3. The number of nitrogens with zero attached hydrogens (tertiary/aromatic N) is 3. The van der Waals surface area contributed by atoms with Crippen molar-refractivity contribution >= 4 is 17.7 Å². The summed E-state index contributed by atoms with van der Waals surface area (Å²) in [6, 6.07) is 0.216. The van der Waals surface area contributed by atoms with Crippen molar-refractivity contribution in [2.45, 2.75) is 25.8 Å². The Kier molecular flexibility index (Phi) is 4.16. The fourth-order valence-electron chi connectivity index (χ4n) is 2.36. The number of piperidine rings is 1. The van der Waals surface area contributed by atoms with Crippen LogP contribution in [0.2, 0.25) is 0 Å². The highest BCUT2D eigenvalue weighted by Gasteiger charge is 2.29. The van der Waals surface area contributed by atoms with Gasteiger partial charge in [-0.3, -0.25) is 9.78 Å². The molecule has 0 aliphatic carbocycles. The Hall–Kier alpha value is -2.18. The molecule has 1 saturated heterocycles. The lowest BCUT2D eigenvalue weighted by Gasteiger charge is -2.37. The van der Waals surface area contributed by atoms with E-state index < -0.39 is 5.97 Å². The molecule has 2 unspecified atom stereocenters. The second-order valence-electron chi connectivity index (χ2n) is 4.93. The lowest BCUT2D eigenvalue weighted by Crippen LogP contribution is -2.46. The Balaban J connectivity index is 2.24. The summed E-state index contributed by atoms with van der Waals surface area (Å²) in [6.45, 7) is 2.54. The average Bonchev–Trinajstić information content (AvgIpc) is 2.46. The number of carbonyl (C=O) groups is 2. The van der Waals surface area contributed by atoms with Gasteiger partial charge in [-0.1, -0.05) is 0 Å². The number of aromatic nitrogens is 2. The molecule has 1 amide bonds. The standard InChI is InChI=1S/C13H18N4O3/c1-8-3-4-9(12(14)18)7-17(8)11-6-15-5-10(16-11)13(19)20-2/h5-6,8-9H,3-4,7H2,1-2H3,(H2,14,18). The maximum Gasteiger partial charge on any atom is 0.358 e. The largest absolute Gasteiger partial charge is 0.464 e. The number of hydrogen-bond donors (Lipinski definition) is 1. The first-order valence-electron chi connectivity index (χ1n) is 6.49. The summed E-state index contributed by atoms with van der Waals surface area (Å²) < 4.78 is 4.63. The molecule has 1 aliphatic heterocycles. The molecule has 7 nitrogen and oxygen atoms in total. The van der Waals surface area contributed by atoms with E-state index in [2.05, 4.69) is 14.7 Å². The number of esters is 1. The first kappa shape index (κ1) is 14.2. The Morgan fingerprint density at radius 3 is 2.80 bits per heavy atom. The highest BCUT2D eigenvalue weighted by Crippen LogP contribution is 2.26. The predicted molar refractivity (Wildman–Crippen MR) is 72.1 cm³/mol. The number of primary amides is 1. The molecule has 0 aromatic carbocycles. The van der Waals surface area contributed by atoms with Crippen molar-refractivity contribution in [3.05, 3.63) is 18.1 Å². The monoisotopic (exact) mass is 278 g/mol. The zero-order chi connectivity index (χ0) is 14.7. The van der Waals surface area contributed by atoms with E-state index in [9.17, 15) is 9.59 Å². The third-order valence-electron chi connectivity index (χ3n) is 3.60. The minimum atomic E-state index is -0.532. The predicted octanol–water partition coefficient (Wildman–Crippen LogP) is 0.353. The molecule has 2 rings (SSSR count). The Labute approximate surface area is 117 Å². The van der Waals surface area contributed by atoms with E-state index in [-0.39, 0.29) is 23.6 Å². The fourth-order valence-corrected chi connectivity index (χ4v) is 2.36. The molecule has 2 atom stereocenters. The summed E-state index contributed by atoms with van der Waals surface area (Å²) in [4.78, 5) is 33.0. The summed E-state index contributed by atoms with van der Waals surface area (Å²) in [5, 5.41) is 0. The van der Waals surface area contributed by atoms with Crippen molar-refractivity contribution < 1.29 is 14.3 Å². The maximum atomic E-state index is 11.5. The lowest BCUT2D eigenvalue weighted by molar-refractivity contribution is -0.122. The molecule has 0 radical (unpaired) electrons. The van der Waals surface area contributed by atoms with E-state index >= 15 is 0 Å². The van der Waals surface area contributed by atoms with Crippen LogP contribution in [0.5, 0.6) is 0 Å². The number of carbonyl (C=O) groups excluding carboxylic acids is 2.